The van der Waals surface area contributed by atoms with Gasteiger partial charge in [0.05, 0.1) is 21.4 Å². The molecule has 2 amide bonds. The number of hydrogen-bond acceptors (Lipinski definition) is 6. The lowest BCUT2D eigenvalue weighted by Gasteiger charge is -2.16. The minimum absolute atomic E-state index is 0.0685. The third-order valence-corrected chi connectivity index (χ3v) is 7.03. The summed E-state index contributed by atoms with van der Waals surface area (Å²) < 4.78 is 23.2. The van der Waals surface area contributed by atoms with E-state index in [-0.39, 0.29) is 16.7 Å². The second-order valence-electron chi connectivity index (χ2n) is 6.68. The van der Waals surface area contributed by atoms with Crippen LogP contribution in [-0.2, 0) is 19.4 Å². The highest BCUT2D eigenvalue weighted by Crippen LogP contribution is 2.52. The number of rotatable bonds is 4. The Bertz CT molecular complexity index is 1070. The minimum atomic E-state index is -3.33. The standard InChI is InChI=1S/C19H15NO6S/c1-27(24,25)19(9-10-19)13-6-4-5-12(11-13)18(23)26-20-16(21)14-7-2-3-8-15(14)17(20)22/h2-8,11H,9-10H2,1H3. The van der Waals surface area contributed by atoms with Crippen LogP contribution in [0.15, 0.2) is 48.5 Å². The summed E-state index contributed by atoms with van der Waals surface area (Å²) in [7, 11) is -3.33. The van der Waals surface area contributed by atoms with Crippen molar-refractivity contribution in [3.8, 4) is 0 Å². The molecule has 1 aliphatic carbocycles. The predicted molar refractivity (Wildman–Crippen MR) is 94.6 cm³/mol. The number of hydroxylamine groups is 2. The first-order valence-electron chi connectivity index (χ1n) is 8.25. The molecule has 27 heavy (non-hydrogen) atoms. The Kier molecular flexibility index (Phi) is 3.71. The molecular formula is C19H15NO6S. The fraction of sp³-hybridized carbons (Fsp3) is 0.211. The summed E-state index contributed by atoms with van der Waals surface area (Å²) in [5.41, 5.74) is 0.900. The van der Waals surface area contributed by atoms with Crippen LogP contribution in [0.3, 0.4) is 0 Å². The lowest BCUT2D eigenvalue weighted by atomic mass is 10.1. The van der Waals surface area contributed by atoms with Gasteiger partial charge < -0.3 is 4.84 Å². The van der Waals surface area contributed by atoms with Gasteiger partial charge in [0.1, 0.15) is 0 Å². The van der Waals surface area contributed by atoms with Crippen molar-refractivity contribution in [3.63, 3.8) is 0 Å². The van der Waals surface area contributed by atoms with Crippen LogP contribution in [0, 0.1) is 0 Å². The highest BCUT2D eigenvalue weighted by Gasteiger charge is 2.53. The van der Waals surface area contributed by atoms with Gasteiger partial charge in [-0.25, -0.2) is 13.2 Å². The van der Waals surface area contributed by atoms with Crippen LogP contribution < -0.4 is 0 Å². The number of benzene rings is 2. The van der Waals surface area contributed by atoms with Crippen LogP contribution in [0.5, 0.6) is 0 Å². The normalized spacial score (nSPS) is 17.6. The molecular weight excluding hydrogens is 370 g/mol. The van der Waals surface area contributed by atoms with Crippen LogP contribution in [-0.4, -0.2) is 37.5 Å². The zero-order valence-corrected chi connectivity index (χ0v) is 15.2. The number of nitrogens with zero attached hydrogens (tertiary/aromatic N) is 1. The molecule has 0 radical (unpaired) electrons. The molecule has 0 unspecified atom stereocenters. The van der Waals surface area contributed by atoms with Gasteiger partial charge in [0, 0.05) is 6.26 Å². The first kappa shape index (κ1) is 17.4. The van der Waals surface area contributed by atoms with Gasteiger partial charge in [-0.05, 0) is 42.7 Å². The molecule has 1 aliphatic heterocycles. The summed E-state index contributed by atoms with van der Waals surface area (Å²) in [6, 6.07) is 12.3. The van der Waals surface area contributed by atoms with Crippen LogP contribution in [0.2, 0.25) is 0 Å². The highest BCUT2D eigenvalue weighted by atomic mass is 32.2. The predicted octanol–water partition coefficient (Wildman–Crippen LogP) is 2.09. The maximum absolute atomic E-state index is 12.5. The highest BCUT2D eigenvalue weighted by molar-refractivity contribution is 7.92. The van der Waals surface area contributed by atoms with Crippen molar-refractivity contribution < 1.29 is 27.6 Å². The number of carbonyl (C=O) groups is 3. The van der Waals surface area contributed by atoms with Gasteiger partial charge in [0.25, 0.3) is 11.8 Å². The molecule has 2 aromatic carbocycles. The van der Waals surface area contributed by atoms with Crippen molar-refractivity contribution in [1.82, 2.24) is 5.06 Å². The van der Waals surface area contributed by atoms with Gasteiger partial charge in [0.2, 0.25) is 0 Å². The van der Waals surface area contributed by atoms with Crippen LogP contribution >= 0.6 is 0 Å². The van der Waals surface area contributed by atoms with E-state index in [2.05, 4.69) is 0 Å². The molecule has 1 saturated carbocycles. The fourth-order valence-electron chi connectivity index (χ4n) is 3.30. The summed E-state index contributed by atoms with van der Waals surface area (Å²) in [4.78, 5) is 42.1. The summed E-state index contributed by atoms with van der Waals surface area (Å²) in [5, 5.41) is 0.434. The minimum Gasteiger partial charge on any atom is -0.324 e. The summed E-state index contributed by atoms with van der Waals surface area (Å²) in [6.45, 7) is 0. The number of sulfone groups is 1. The first-order chi connectivity index (χ1) is 12.7. The number of imide groups is 1. The Morgan fingerprint density at radius 1 is 1.00 bits per heavy atom. The van der Waals surface area contributed by atoms with Crippen molar-refractivity contribution in [2.24, 2.45) is 0 Å². The Hall–Kier alpha value is -3.00. The Labute approximate surface area is 155 Å². The third kappa shape index (κ3) is 2.64. The van der Waals surface area contributed by atoms with E-state index in [1.807, 2.05) is 0 Å². The van der Waals surface area contributed by atoms with E-state index in [0.29, 0.717) is 23.5 Å². The molecule has 138 valence electrons. The molecule has 0 bridgehead atoms. The molecule has 0 spiro atoms. The number of amides is 2. The maximum atomic E-state index is 12.5. The molecule has 2 aromatic rings. The molecule has 0 N–H and O–H groups in total. The SMILES string of the molecule is CS(=O)(=O)C1(c2cccc(C(=O)ON3C(=O)c4ccccc4C3=O)c2)CC1. The number of hydrogen-bond donors (Lipinski definition) is 0. The lowest BCUT2D eigenvalue weighted by molar-refractivity contribution is -0.0584. The van der Waals surface area contributed by atoms with Crippen molar-refractivity contribution in [3.05, 3.63) is 70.8 Å². The third-order valence-electron chi connectivity index (χ3n) is 4.97. The molecule has 0 saturated heterocycles. The van der Waals surface area contributed by atoms with Gasteiger partial charge >= 0.3 is 5.97 Å². The molecule has 7 nitrogen and oxygen atoms in total. The molecule has 1 fully saturated rings. The van der Waals surface area contributed by atoms with Gasteiger partial charge in [-0.3, -0.25) is 9.59 Å². The van der Waals surface area contributed by atoms with E-state index >= 15 is 0 Å². The zero-order chi connectivity index (χ0) is 19.4. The van der Waals surface area contributed by atoms with Gasteiger partial charge in [-0.15, -0.1) is 0 Å². The van der Waals surface area contributed by atoms with E-state index < -0.39 is 32.4 Å². The molecule has 8 heteroatoms. The zero-order valence-electron chi connectivity index (χ0n) is 14.3. The van der Waals surface area contributed by atoms with Crippen LogP contribution in [0.25, 0.3) is 0 Å². The van der Waals surface area contributed by atoms with Crippen LogP contribution in [0.1, 0.15) is 49.5 Å². The van der Waals surface area contributed by atoms with Gasteiger partial charge in [-0.2, -0.15) is 0 Å². The monoisotopic (exact) mass is 385 g/mol. The van der Waals surface area contributed by atoms with Crippen molar-refractivity contribution >= 4 is 27.6 Å². The Morgan fingerprint density at radius 3 is 2.11 bits per heavy atom. The van der Waals surface area contributed by atoms with Gasteiger partial charge in [-0.1, -0.05) is 29.3 Å². The van der Waals surface area contributed by atoms with Crippen LogP contribution in [0.4, 0.5) is 0 Å². The Balaban J connectivity index is 1.60. The molecule has 1 heterocycles. The number of fused-ring (bicyclic) bond motifs is 1. The van der Waals surface area contributed by atoms with E-state index in [1.165, 1.54) is 30.5 Å². The lowest BCUT2D eigenvalue weighted by Crippen LogP contribution is -2.32. The molecule has 4 rings (SSSR count). The van der Waals surface area contributed by atoms with E-state index in [4.69, 9.17) is 4.84 Å². The van der Waals surface area contributed by atoms with Crippen molar-refractivity contribution in [2.45, 2.75) is 17.6 Å². The Morgan fingerprint density at radius 2 is 1.59 bits per heavy atom. The fourth-order valence-corrected chi connectivity index (χ4v) is 4.70. The largest absolute Gasteiger partial charge is 0.363 e. The van der Waals surface area contributed by atoms with Crippen molar-refractivity contribution in [1.29, 1.82) is 0 Å². The van der Waals surface area contributed by atoms with Gasteiger partial charge in [0.15, 0.2) is 9.84 Å². The first-order valence-corrected chi connectivity index (χ1v) is 10.1. The van der Waals surface area contributed by atoms with Crippen molar-refractivity contribution in [2.75, 3.05) is 6.26 Å². The molecule has 0 aromatic heterocycles. The quantitative estimate of drug-likeness (QED) is 0.748. The average Bonchev–Trinajstić information content (AvgIpc) is 3.43. The van der Waals surface area contributed by atoms with E-state index in [1.54, 1.807) is 24.3 Å². The maximum Gasteiger partial charge on any atom is 0.363 e. The molecule has 0 atom stereocenters. The second kappa shape index (κ2) is 5.75. The molecule has 2 aliphatic rings. The van der Waals surface area contributed by atoms with E-state index in [0.717, 1.165) is 0 Å². The smallest absolute Gasteiger partial charge is 0.324 e. The summed E-state index contributed by atoms with van der Waals surface area (Å²) in [5.74, 6) is -2.33. The van der Waals surface area contributed by atoms with E-state index in [9.17, 15) is 22.8 Å². The second-order valence-corrected chi connectivity index (χ2v) is 9.00. The summed E-state index contributed by atoms with van der Waals surface area (Å²) in [6.07, 6.45) is 2.15. The average molecular weight is 385 g/mol. The number of carbonyl (C=O) groups excluding carboxylic acids is 3. The summed E-state index contributed by atoms with van der Waals surface area (Å²) >= 11 is 0. The topological polar surface area (TPSA) is 97.8 Å².